The number of para-hydroxylation sites is 1. The molecule has 0 aliphatic rings. The quantitative estimate of drug-likeness (QED) is 0.780. The van der Waals surface area contributed by atoms with Gasteiger partial charge in [0.2, 0.25) is 0 Å². The summed E-state index contributed by atoms with van der Waals surface area (Å²) in [4.78, 5) is 22.5. The van der Waals surface area contributed by atoms with Crippen molar-refractivity contribution in [1.29, 1.82) is 0 Å². The topological polar surface area (TPSA) is 75.6 Å². The minimum atomic E-state index is -1.09. The highest BCUT2D eigenvalue weighted by Gasteiger charge is 2.12. The molecule has 1 amide bonds. The Kier molecular flexibility index (Phi) is 4.92. The lowest BCUT2D eigenvalue weighted by Gasteiger charge is -2.10. The van der Waals surface area contributed by atoms with Gasteiger partial charge in [0.1, 0.15) is 5.75 Å². The second-order valence-electron chi connectivity index (χ2n) is 3.52. The van der Waals surface area contributed by atoms with Gasteiger partial charge in [0.15, 0.2) is 0 Å². The number of carboxylic acid groups (broad SMARTS) is 1. The average Bonchev–Trinajstić information content (AvgIpc) is 2.37. The Morgan fingerprint density at radius 2 is 2.06 bits per heavy atom. The fourth-order valence-corrected chi connectivity index (χ4v) is 1.42. The Balaban J connectivity index is 2.91. The van der Waals surface area contributed by atoms with E-state index in [1.165, 1.54) is 7.11 Å². The van der Waals surface area contributed by atoms with Crippen LogP contribution in [-0.4, -0.2) is 24.1 Å². The molecule has 0 aliphatic heterocycles. The van der Waals surface area contributed by atoms with E-state index in [1.54, 1.807) is 31.2 Å². The molecule has 0 atom stereocenters. The number of benzene rings is 1. The first kappa shape index (κ1) is 13.8. The Morgan fingerprint density at radius 1 is 1.39 bits per heavy atom. The molecule has 0 heterocycles. The highest BCUT2D eigenvalue weighted by molar-refractivity contribution is 5.98. The Labute approximate surface area is 105 Å². The van der Waals surface area contributed by atoms with Crippen molar-refractivity contribution in [2.45, 2.75) is 13.3 Å². The molecule has 5 nitrogen and oxygen atoms in total. The molecule has 0 saturated carbocycles. The zero-order valence-electron chi connectivity index (χ0n) is 10.3. The van der Waals surface area contributed by atoms with E-state index in [9.17, 15) is 9.59 Å². The maximum absolute atomic E-state index is 12.0. The number of hydrogen-bond acceptors (Lipinski definition) is 3. The third-order valence-corrected chi connectivity index (χ3v) is 2.30. The lowest BCUT2D eigenvalue weighted by Crippen LogP contribution is -2.23. The molecule has 0 bridgehead atoms. The van der Waals surface area contributed by atoms with Crippen LogP contribution in [0, 0.1) is 0 Å². The van der Waals surface area contributed by atoms with Crippen LogP contribution < -0.4 is 10.1 Å². The third-order valence-electron chi connectivity index (χ3n) is 2.30. The monoisotopic (exact) mass is 249 g/mol. The van der Waals surface area contributed by atoms with Crippen molar-refractivity contribution in [3.63, 3.8) is 0 Å². The van der Waals surface area contributed by atoms with Gasteiger partial charge in [-0.3, -0.25) is 4.79 Å². The lowest BCUT2D eigenvalue weighted by atomic mass is 10.2. The van der Waals surface area contributed by atoms with Gasteiger partial charge in [0.05, 0.1) is 12.7 Å². The number of carbonyl (C=O) groups is 2. The molecule has 2 N–H and O–H groups in total. The minimum Gasteiger partial charge on any atom is -0.496 e. The van der Waals surface area contributed by atoms with E-state index in [4.69, 9.17) is 9.84 Å². The normalized spacial score (nSPS) is 10.9. The SMILES string of the molecule is CCC(=CC(=O)O)NC(=O)c1ccccc1OC. The first-order valence-electron chi connectivity index (χ1n) is 5.46. The number of allylic oxidation sites excluding steroid dienone is 1. The molecule has 1 aromatic carbocycles. The van der Waals surface area contributed by atoms with Crippen molar-refractivity contribution in [3.8, 4) is 5.75 Å². The smallest absolute Gasteiger partial charge is 0.330 e. The molecule has 0 radical (unpaired) electrons. The zero-order valence-corrected chi connectivity index (χ0v) is 10.3. The number of methoxy groups -OCH3 is 1. The summed E-state index contributed by atoms with van der Waals surface area (Å²) in [6.07, 6.45) is 1.40. The Morgan fingerprint density at radius 3 is 2.61 bits per heavy atom. The summed E-state index contributed by atoms with van der Waals surface area (Å²) in [6.45, 7) is 1.76. The molecule has 0 saturated heterocycles. The average molecular weight is 249 g/mol. The summed E-state index contributed by atoms with van der Waals surface area (Å²) in [7, 11) is 1.47. The number of ether oxygens (including phenoxy) is 1. The molecule has 96 valence electrons. The van der Waals surface area contributed by atoms with Crippen molar-refractivity contribution in [3.05, 3.63) is 41.6 Å². The van der Waals surface area contributed by atoms with Crippen LogP contribution in [0.15, 0.2) is 36.0 Å². The third kappa shape index (κ3) is 3.62. The summed E-state index contributed by atoms with van der Waals surface area (Å²) >= 11 is 0. The number of nitrogens with one attached hydrogen (secondary N) is 1. The largest absolute Gasteiger partial charge is 0.496 e. The fraction of sp³-hybridized carbons (Fsp3) is 0.231. The summed E-state index contributed by atoms with van der Waals surface area (Å²) < 4.78 is 5.07. The van der Waals surface area contributed by atoms with Crippen molar-refractivity contribution in [2.24, 2.45) is 0 Å². The molecule has 1 rings (SSSR count). The van der Waals surface area contributed by atoms with E-state index in [0.29, 0.717) is 23.4 Å². The van der Waals surface area contributed by atoms with E-state index in [1.807, 2.05) is 0 Å². The van der Waals surface area contributed by atoms with E-state index in [2.05, 4.69) is 5.32 Å². The van der Waals surface area contributed by atoms with Crippen LogP contribution in [0.5, 0.6) is 5.75 Å². The summed E-state index contributed by atoms with van der Waals surface area (Å²) in [5.41, 5.74) is 0.711. The van der Waals surface area contributed by atoms with Crippen molar-refractivity contribution in [2.75, 3.05) is 7.11 Å². The first-order chi connectivity index (χ1) is 8.58. The van der Waals surface area contributed by atoms with Gasteiger partial charge >= 0.3 is 5.97 Å². The second-order valence-corrected chi connectivity index (χ2v) is 3.52. The van der Waals surface area contributed by atoms with Gasteiger partial charge in [-0.1, -0.05) is 19.1 Å². The van der Waals surface area contributed by atoms with E-state index in [-0.39, 0.29) is 5.91 Å². The predicted octanol–water partition coefficient (Wildman–Crippen LogP) is 1.80. The van der Waals surface area contributed by atoms with Gasteiger partial charge in [-0.05, 0) is 18.6 Å². The molecule has 18 heavy (non-hydrogen) atoms. The molecular formula is C13H15NO4. The molecular weight excluding hydrogens is 234 g/mol. The number of amides is 1. The van der Waals surface area contributed by atoms with Gasteiger partial charge in [-0.25, -0.2) is 4.79 Å². The van der Waals surface area contributed by atoms with E-state index in [0.717, 1.165) is 6.08 Å². The summed E-state index contributed by atoms with van der Waals surface area (Å²) in [5.74, 6) is -1.03. The van der Waals surface area contributed by atoms with Gasteiger partial charge in [-0.15, -0.1) is 0 Å². The minimum absolute atomic E-state index is 0.346. The number of carboxylic acids is 1. The van der Waals surface area contributed by atoms with Gasteiger partial charge < -0.3 is 15.2 Å². The number of aliphatic carboxylic acids is 1. The van der Waals surface area contributed by atoms with Crippen LogP contribution in [0.3, 0.4) is 0 Å². The number of hydrogen-bond donors (Lipinski definition) is 2. The Bertz CT molecular complexity index is 480. The maximum Gasteiger partial charge on any atom is 0.330 e. The predicted molar refractivity (Wildman–Crippen MR) is 66.5 cm³/mol. The highest BCUT2D eigenvalue weighted by atomic mass is 16.5. The van der Waals surface area contributed by atoms with Crippen molar-refractivity contribution in [1.82, 2.24) is 5.32 Å². The molecule has 1 aromatic rings. The van der Waals surface area contributed by atoms with Crippen LogP contribution in [-0.2, 0) is 4.79 Å². The molecule has 0 aromatic heterocycles. The molecule has 0 aliphatic carbocycles. The Hall–Kier alpha value is -2.30. The number of carbonyl (C=O) groups excluding carboxylic acids is 1. The van der Waals surface area contributed by atoms with Crippen molar-refractivity contribution < 1.29 is 19.4 Å². The van der Waals surface area contributed by atoms with Crippen LogP contribution in [0.4, 0.5) is 0 Å². The van der Waals surface area contributed by atoms with E-state index < -0.39 is 5.97 Å². The summed E-state index contributed by atoms with van der Waals surface area (Å²) in [6, 6.07) is 6.75. The molecule has 0 spiro atoms. The first-order valence-corrected chi connectivity index (χ1v) is 5.46. The molecule has 5 heteroatoms. The number of rotatable bonds is 5. The van der Waals surface area contributed by atoms with Crippen molar-refractivity contribution >= 4 is 11.9 Å². The second kappa shape index (κ2) is 6.44. The summed E-state index contributed by atoms with van der Waals surface area (Å²) in [5, 5.41) is 11.2. The zero-order chi connectivity index (χ0) is 13.5. The lowest BCUT2D eigenvalue weighted by molar-refractivity contribution is -0.131. The molecule has 0 unspecified atom stereocenters. The van der Waals surface area contributed by atoms with Crippen LogP contribution in [0.25, 0.3) is 0 Å². The van der Waals surface area contributed by atoms with Gasteiger partial charge in [0, 0.05) is 11.8 Å². The van der Waals surface area contributed by atoms with Crippen LogP contribution >= 0.6 is 0 Å². The van der Waals surface area contributed by atoms with Crippen LogP contribution in [0.1, 0.15) is 23.7 Å². The van der Waals surface area contributed by atoms with Gasteiger partial charge in [-0.2, -0.15) is 0 Å². The molecule has 0 fully saturated rings. The standard InChI is InChI=1S/C13H15NO4/c1-3-9(8-12(15)16)14-13(17)10-6-4-5-7-11(10)18-2/h4-8H,3H2,1-2H3,(H,14,17)(H,15,16). The fourth-order valence-electron chi connectivity index (χ4n) is 1.42. The van der Waals surface area contributed by atoms with Gasteiger partial charge in [0.25, 0.3) is 5.91 Å². The van der Waals surface area contributed by atoms with E-state index >= 15 is 0 Å². The van der Waals surface area contributed by atoms with Crippen LogP contribution in [0.2, 0.25) is 0 Å². The maximum atomic E-state index is 12.0. The highest BCUT2D eigenvalue weighted by Crippen LogP contribution is 2.17.